The molecule has 2 fully saturated rings. The van der Waals surface area contributed by atoms with Gasteiger partial charge in [-0.1, -0.05) is 6.92 Å². The quantitative estimate of drug-likeness (QED) is 0.820. The fourth-order valence-electron chi connectivity index (χ4n) is 2.89. The van der Waals surface area contributed by atoms with Crippen molar-refractivity contribution >= 4 is 32.2 Å². The van der Waals surface area contributed by atoms with Crippen LogP contribution in [0.3, 0.4) is 0 Å². The van der Waals surface area contributed by atoms with E-state index >= 15 is 0 Å². The minimum Gasteiger partial charge on any atom is -0.382 e. The van der Waals surface area contributed by atoms with Crippen molar-refractivity contribution in [2.24, 2.45) is 5.92 Å². The van der Waals surface area contributed by atoms with E-state index in [0.29, 0.717) is 10.9 Å². The number of anilines is 2. The number of nitrogens with one attached hydrogen (secondary N) is 1. The van der Waals surface area contributed by atoms with Gasteiger partial charge in [0.1, 0.15) is 9.90 Å². The molecule has 1 atom stereocenters. The summed E-state index contributed by atoms with van der Waals surface area (Å²) in [6.45, 7) is 4.70. The van der Waals surface area contributed by atoms with Gasteiger partial charge >= 0.3 is 0 Å². The summed E-state index contributed by atoms with van der Waals surface area (Å²) in [6, 6.07) is 0.810. The van der Waals surface area contributed by atoms with Crippen LogP contribution in [0.15, 0.2) is 4.90 Å². The van der Waals surface area contributed by atoms with Crippen LogP contribution in [0.1, 0.15) is 26.2 Å². The summed E-state index contributed by atoms with van der Waals surface area (Å²) in [7, 11) is -3.33. The lowest BCUT2D eigenvalue weighted by molar-refractivity contribution is 0.316. The Bertz CT molecular complexity index is 610. The number of hydrogen-bond acceptors (Lipinski definition) is 7. The van der Waals surface area contributed by atoms with E-state index in [2.05, 4.69) is 14.6 Å². The molecule has 1 aliphatic heterocycles. The molecule has 2 aliphatic rings. The average molecular weight is 330 g/mol. The topological polar surface area (TPSA) is 88.3 Å². The predicted molar refractivity (Wildman–Crippen MR) is 85.4 cm³/mol. The van der Waals surface area contributed by atoms with Gasteiger partial charge in [0.05, 0.1) is 5.75 Å². The van der Waals surface area contributed by atoms with Crippen LogP contribution in [0.2, 0.25) is 0 Å². The molecule has 0 aromatic carbocycles. The fraction of sp³-hybridized carbons (Fsp3) is 0.769. The highest BCUT2D eigenvalue weighted by atomic mass is 32.2. The van der Waals surface area contributed by atoms with Gasteiger partial charge in [-0.15, -0.1) is 0 Å². The van der Waals surface area contributed by atoms with Gasteiger partial charge in [-0.2, -0.15) is 4.37 Å². The highest BCUT2D eigenvalue weighted by Gasteiger charge is 2.34. The Morgan fingerprint density at radius 1 is 1.43 bits per heavy atom. The SMILES string of the molecule is CCS(=O)(=O)c1c(N)nsc1NCC1CCN(C2CC2)C1. The second kappa shape index (κ2) is 5.73. The maximum absolute atomic E-state index is 12.1. The first-order valence-electron chi connectivity index (χ1n) is 7.47. The molecule has 6 nitrogen and oxygen atoms in total. The van der Waals surface area contributed by atoms with Crippen LogP contribution in [-0.2, 0) is 9.84 Å². The molecule has 118 valence electrons. The molecule has 3 rings (SSSR count). The van der Waals surface area contributed by atoms with Crippen molar-refractivity contribution in [3.63, 3.8) is 0 Å². The van der Waals surface area contributed by atoms with Crippen molar-refractivity contribution in [3.05, 3.63) is 0 Å². The van der Waals surface area contributed by atoms with E-state index in [0.717, 1.165) is 30.7 Å². The van der Waals surface area contributed by atoms with Crippen LogP contribution < -0.4 is 11.1 Å². The molecule has 0 bridgehead atoms. The summed E-state index contributed by atoms with van der Waals surface area (Å²) >= 11 is 1.14. The van der Waals surface area contributed by atoms with Crippen LogP contribution >= 0.6 is 11.5 Å². The number of sulfone groups is 1. The average Bonchev–Trinajstić information content (AvgIpc) is 3.08. The van der Waals surface area contributed by atoms with Crippen LogP contribution in [0.5, 0.6) is 0 Å². The second-order valence-electron chi connectivity index (χ2n) is 5.89. The Balaban J connectivity index is 1.63. The van der Waals surface area contributed by atoms with Crippen LogP contribution in [-0.4, -0.2) is 49.1 Å². The maximum atomic E-state index is 12.1. The Morgan fingerprint density at radius 3 is 2.86 bits per heavy atom. The van der Waals surface area contributed by atoms with E-state index in [1.807, 2.05) is 0 Å². The largest absolute Gasteiger partial charge is 0.382 e. The molecule has 1 aromatic rings. The molecule has 1 unspecified atom stereocenters. The van der Waals surface area contributed by atoms with Gasteiger partial charge in [0.15, 0.2) is 15.7 Å². The zero-order valence-electron chi connectivity index (χ0n) is 12.2. The van der Waals surface area contributed by atoms with Gasteiger partial charge in [-0.05, 0) is 43.3 Å². The first-order chi connectivity index (χ1) is 10.0. The second-order valence-corrected chi connectivity index (χ2v) is 8.88. The number of aromatic nitrogens is 1. The normalized spacial score (nSPS) is 23.6. The zero-order chi connectivity index (χ0) is 15.0. The van der Waals surface area contributed by atoms with Gasteiger partial charge in [0.25, 0.3) is 0 Å². The molecule has 3 N–H and O–H groups in total. The van der Waals surface area contributed by atoms with Gasteiger partial charge in [0, 0.05) is 19.1 Å². The third-order valence-corrected chi connectivity index (χ3v) is 7.04. The molecular formula is C13H22N4O2S2. The van der Waals surface area contributed by atoms with Crippen molar-refractivity contribution in [1.82, 2.24) is 9.27 Å². The Morgan fingerprint density at radius 2 is 2.19 bits per heavy atom. The minimum atomic E-state index is -3.33. The van der Waals surface area contributed by atoms with E-state index in [4.69, 9.17) is 5.73 Å². The third kappa shape index (κ3) is 3.17. The molecule has 1 aliphatic carbocycles. The highest BCUT2D eigenvalue weighted by Crippen LogP contribution is 2.34. The van der Waals surface area contributed by atoms with E-state index in [-0.39, 0.29) is 16.5 Å². The minimum absolute atomic E-state index is 0.0448. The van der Waals surface area contributed by atoms with Crippen molar-refractivity contribution in [1.29, 1.82) is 0 Å². The highest BCUT2D eigenvalue weighted by molar-refractivity contribution is 7.91. The van der Waals surface area contributed by atoms with Crippen LogP contribution in [0.4, 0.5) is 10.8 Å². The molecule has 8 heteroatoms. The summed E-state index contributed by atoms with van der Waals surface area (Å²) in [5.74, 6) is 0.741. The summed E-state index contributed by atoms with van der Waals surface area (Å²) < 4.78 is 28.2. The van der Waals surface area contributed by atoms with Gasteiger partial charge in [-0.25, -0.2) is 8.42 Å². The maximum Gasteiger partial charge on any atom is 0.184 e. The number of nitrogens with zero attached hydrogens (tertiary/aromatic N) is 2. The molecule has 1 saturated heterocycles. The van der Waals surface area contributed by atoms with Gasteiger partial charge in [-0.3, -0.25) is 0 Å². The van der Waals surface area contributed by atoms with Crippen molar-refractivity contribution < 1.29 is 8.42 Å². The standard InChI is InChI=1S/C13H22N4O2S2/c1-2-21(18,19)11-12(14)16-20-13(11)15-7-9-5-6-17(8-9)10-3-4-10/h9-10,15H,2-8H2,1H3,(H2,14,16). The molecule has 2 heterocycles. The van der Waals surface area contributed by atoms with Crippen molar-refractivity contribution in [2.75, 3.05) is 36.4 Å². The molecule has 21 heavy (non-hydrogen) atoms. The number of nitrogen functional groups attached to an aromatic ring is 1. The Kier molecular flexibility index (Phi) is 4.11. The van der Waals surface area contributed by atoms with E-state index in [1.54, 1.807) is 6.92 Å². The fourth-order valence-corrected chi connectivity index (χ4v) is 5.06. The lowest BCUT2D eigenvalue weighted by atomic mass is 10.1. The van der Waals surface area contributed by atoms with E-state index in [9.17, 15) is 8.42 Å². The lowest BCUT2D eigenvalue weighted by Gasteiger charge is -2.15. The summed E-state index contributed by atoms with van der Waals surface area (Å²) in [5.41, 5.74) is 5.73. The molecule has 1 saturated carbocycles. The molecule has 0 amide bonds. The number of nitrogens with two attached hydrogens (primary N) is 1. The summed E-state index contributed by atoms with van der Waals surface area (Å²) in [6.07, 6.45) is 3.85. The Hall–Kier alpha value is -0.860. The Labute approximate surface area is 129 Å². The number of likely N-dealkylation sites (tertiary alicyclic amines) is 1. The first kappa shape index (κ1) is 15.1. The van der Waals surface area contributed by atoms with E-state index < -0.39 is 9.84 Å². The predicted octanol–water partition coefficient (Wildman–Crippen LogP) is 1.42. The van der Waals surface area contributed by atoms with Crippen molar-refractivity contribution in [3.8, 4) is 0 Å². The smallest absolute Gasteiger partial charge is 0.184 e. The van der Waals surface area contributed by atoms with Crippen LogP contribution in [0.25, 0.3) is 0 Å². The monoisotopic (exact) mass is 330 g/mol. The molecular weight excluding hydrogens is 308 g/mol. The zero-order valence-corrected chi connectivity index (χ0v) is 13.8. The summed E-state index contributed by atoms with van der Waals surface area (Å²) in [5, 5.41) is 3.86. The number of rotatable bonds is 6. The molecule has 0 radical (unpaired) electrons. The third-order valence-electron chi connectivity index (χ3n) is 4.30. The van der Waals surface area contributed by atoms with Crippen LogP contribution in [0, 0.1) is 5.92 Å². The van der Waals surface area contributed by atoms with Crippen molar-refractivity contribution in [2.45, 2.75) is 37.1 Å². The van der Waals surface area contributed by atoms with E-state index in [1.165, 1.54) is 25.8 Å². The lowest BCUT2D eigenvalue weighted by Crippen LogP contribution is -2.25. The molecule has 1 aromatic heterocycles. The van der Waals surface area contributed by atoms with Gasteiger partial charge in [0.2, 0.25) is 0 Å². The number of hydrogen-bond donors (Lipinski definition) is 2. The first-order valence-corrected chi connectivity index (χ1v) is 9.89. The molecule has 0 spiro atoms. The van der Waals surface area contributed by atoms with Gasteiger partial charge < -0.3 is 16.0 Å². The summed E-state index contributed by atoms with van der Waals surface area (Å²) in [4.78, 5) is 2.74.